The Kier molecular flexibility index (Phi) is 11.9. The predicted octanol–water partition coefficient (Wildman–Crippen LogP) is 5.58. The third kappa shape index (κ3) is 8.20. The first-order chi connectivity index (χ1) is 20.5. The molecule has 0 spiro atoms. The van der Waals surface area contributed by atoms with Crippen molar-refractivity contribution in [3.8, 4) is 11.5 Å². The molecule has 232 valence electrons. The Morgan fingerprint density at radius 2 is 1.63 bits per heavy atom. The molecule has 0 aliphatic rings. The van der Waals surface area contributed by atoms with Gasteiger partial charge >= 0.3 is 0 Å². The number of hydrogen-bond donors (Lipinski definition) is 1. The summed E-state index contributed by atoms with van der Waals surface area (Å²) in [4.78, 5) is 29.1. The summed E-state index contributed by atoms with van der Waals surface area (Å²) in [5, 5.41) is 3.39. The van der Waals surface area contributed by atoms with E-state index in [0.29, 0.717) is 29.2 Å². The molecule has 0 saturated heterocycles. The number of ether oxygens (including phenoxy) is 2. The Hall–Kier alpha value is -3.76. The van der Waals surface area contributed by atoms with Gasteiger partial charge in [-0.15, -0.1) is 0 Å². The van der Waals surface area contributed by atoms with Crippen molar-refractivity contribution in [2.75, 3.05) is 25.1 Å². The van der Waals surface area contributed by atoms with Crippen LogP contribution >= 0.6 is 11.6 Å². The summed E-state index contributed by atoms with van der Waals surface area (Å²) >= 11 is 6.47. The Labute approximate surface area is 259 Å². The van der Waals surface area contributed by atoms with E-state index in [1.165, 1.54) is 37.3 Å². The molecule has 3 rings (SSSR count). The number of nitrogens with zero attached hydrogens (tertiary/aromatic N) is 2. The molecule has 0 saturated carbocycles. The summed E-state index contributed by atoms with van der Waals surface area (Å²) in [5.74, 6) is -0.320. The average molecular weight is 630 g/mol. The minimum atomic E-state index is -4.29. The van der Waals surface area contributed by atoms with Gasteiger partial charge < -0.3 is 19.7 Å². The molecule has 2 amide bonds. The topological polar surface area (TPSA) is 105 Å². The van der Waals surface area contributed by atoms with Crippen LogP contribution in [0.3, 0.4) is 0 Å². The van der Waals surface area contributed by atoms with E-state index in [9.17, 15) is 18.0 Å². The molecule has 0 aromatic heterocycles. The van der Waals surface area contributed by atoms with Crippen molar-refractivity contribution in [1.82, 2.24) is 10.2 Å². The van der Waals surface area contributed by atoms with Crippen molar-refractivity contribution in [2.24, 2.45) is 0 Å². The van der Waals surface area contributed by atoms with E-state index >= 15 is 0 Å². The second-order valence-electron chi connectivity index (χ2n) is 10.2. The van der Waals surface area contributed by atoms with Gasteiger partial charge in [-0.25, -0.2) is 8.42 Å². The van der Waals surface area contributed by atoms with Crippen molar-refractivity contribution in [3.63, 3.8) is 0 Å². The van der Waals surface area contributed by atoms with Gasteiger partial charge in [0.15, 0.2) is 0 Å². The number of benzene rings is 3. The Morgan fingerprint density at radius 1 is 0.953 bits per heavy atom. The fourth-order valence-electron chi connectivity index (χ4n) is 4.51. The largest absolute Gasteiger partial charge is 0.497 e. The average Bonchev–Trinajstić information content (AvgIpc) is 3.00. The van der Waals surface area contributed by atoms with Crippen LogP contribution in [-0.2, 0) is 26.2 Å². The monoisotopic (exact) mass is 629 g/mol. The molecule has 0 radical (unpaired) electrons. The summed E-state index contributed by atoms with van der Waals surface area (Å²) in [6.45, 7) is 6.88. The highest BCUT2D eigenvalue weighted by molar-refractivity contribution is 7.92. The molecule has 11 heteroatoms. The van der Waals surface area contributed by atoms with Crippen LogP contribution in [0.5, 0.6) is 11.5 Å². The Balaban J connectivity index is 2.16. The maximum absolute atomic E-state index is 14.3. The summed E-state index contributed by atoms with van der Waals surface area (Å²) in [5.41, 5.74) is 1.62. The highest BCUT2D eigenvalue weighted by atomic mass is 35.5. The molecule has 0 heterocycles. The summed E-state index contributed by atoms with van der Waals surface area (Å²) in [6, 6.07) is 17.1. The number of rotatable bonds is 14. The molecule has 0 unspecified atom stereocenters. The smallest absolute Gasteiger partial charge is 0.264 e. The maximum Gasteiger partial charge on any atom is 0.264 e. The number of hydrogen-bond acceptors (Lipinski definition) is 6. The van der Waals surface area contributed by atoms with Crippen LogP contribution in [-0.4, -0.2) is 58.0 Å². The number of halogens is 1. The third-order valence-corrected chi connectivity index (χ3v) is 9.37. The zero-order valence-electron chi connectivity index (χ0n) is 25.5. The number of carbonyl (C=O) groups excluding carboxylic acids is 2. The van der Waals surface area contributed by atoms with Crippen LogP contribution < -0.4 is 19.1 Å². The standard InChI is InChI=1S/C32H40ClN3O6S/c1-7-23(4)34-32(38)28(8-2)35(20-24-11-9-10-12-27(24)33)31(37)21-36(29-19-25(41-5)15-18-30(29)42-6)43(39,40)26-16-13-22(3)14-17-26/h9-19,23,28H,7-8,20-21H2,1-6H3,(H,34,38)/t23-,28-/m0/s1. The molecule has 3 aromatic rings. The quantitative estimate of drug-likeness (QED) is 0.250. The molecule has 0 aliphatic heterocycles. The van der Waals surface area contributed by atoms with Gasteiger partial charge in [-0.3, -0.25) is 13.9 Å². The molecule has 9 nitrogen and oxygen atoms in total. The van der Waals surface area contributed by atoms with Crippen LogP contribution in [0.25, 0.3) is 0 Å². The van der Waals surface area contributed by atoms with E-state index < -0.39 is 28.5 Å². The number of nitrogens with one attached hydrogen (secondary N) is 1. The van der Waals surface area contributed by atoms with Gasteiger partial charge in [-0.2, -0.15) is 0 Å². The highest BCUT2D eigenvalue weighted by Crippen LogP contribution is 2.36. The van der Waals surface area contributed by atoms with Gasteiger partial charge in [0, 0.05) is 23.7 Å². The molecule has 0 aliphatic carbocycles. The summed E-state index contributed by atoms with van der Waals surface area (Å²) in [6.07, 6.45) is 1.00. The van der Waals surface area contributed by atoms with Gasteiger partial charge in [0.05, 0.1) is 24.8 Å². The lowest BCUT2D eigenvalue weighted by atomic mass is 10.1. The third-order valence-electron chi connectivity index (χ3n) is 7.23. The fourth-order valence-corrected chi connectivity index (χ4v) is 6.13. The first kappa shape index (κ1) is 33.7. The number of sulfonamides is 1. The minimum Gasteiger partial charge on any atom is -0.497 e. The zero-order valence-corrected chi connectivity index (χ0v) is 27.0. The van der Waals surface area contributed by atoms with Gasteiger partial charge in [0.2, 0.25) is 11.8 Å². The fraction of sp³-hybridized carbons (Fsp3) is 0.375. The zero-order chi connectivity index (χ0) is 31.7. The Morgan fingerprint density at radius 3 is 2.21 bits per heavy atom. The Bertz CT molecular complexity index is 1510. The van der Waals surface area contributed by atoms with Crippen molar-refractivity contribution in [1.29, 1.82) is 0 Å². The van der Waals surface area contributed by atoms with Crippen molar-refractivity contribution in [3.05, 3.63) is 82.9 Å². The van der Waals surface area contributed by atoms with E-state index in [4.69, 9.17) is 21.1 Å². The normalized spacial score (nSPS) is 12.6. The number of anilines is 1. The lowest BCUT2D eigenvalue weighted by molar-refractivity contribution is -0.140. The molecular weight excluding hydrogens is 590 g/mol. The molecule has 3 aromatic carbocycles. The second kappa shape index (κ2) is 15.1. The molecule has 1 N–H and O–H groups in total. The van der Waals surface area contributed by atoms with Gasteiger partial charge in [-0.1, -0.05) is 61.3 Å². The van der Waals surface area contributed by atoms with Crippen molar-refractivity contribution >= 4 is 39.1 Å². The maximum atomic E-state index is 14.3. The summed E-state index contributed by atoms with van der Waals surface area (Å²) in [7, 11) is -1.41. The van der Waals surface area contributed by atoms with E-state index in [0.717, 1.165) is 9.87 Å². The number of methoxy groups -OCH3 is 2. The lowest BCUT2D eigenvalue weighted by Gasteiger charge is -2.34. The van der Waals surface area contributed by atoms with Crippen molar-refractivity contribution < 1.29 is 27.5 Å². The van der Waals surface area contributed by atoms with Crippen LogP contribution in [0, 0.1) is 6.92 Å². The molecule has 0 bridgehead atoms. The van der Waals surface area contributed by atoms with Crippen molar-refractivity contribution in [2.45, 2.75) is 64.1 Å². The van der Waals surface area contributed by atoms with Crippen LogP contribution in [0.2, 0.25) is 5.02 Å². The lowest BCUT2D eigenvalue weighted by Crippen LogP contribution is -2.53. The van der Waals surface area contributed by atoms with E-state index in [2.05, 4.69) is 5.32 Å². The SMILES string of the molecule is CC[C@H](C)NC(=O)[C@H](CC)N(Cc1ccccc1Cl)C(=O)CN(c1cc(OC)ccc1OC)S(=O)(=O)c1ccc(C)cc1. The number of aryl methyl sites for hydroxylation is 1. The highest BCUT2D eigenvalue weighted by Gasteiger charge is 2.35. The number of carbonyl (C=O) groups is 2. The van der Waals surface area contributed by atoms with Crippen LogP contribution in [0.1, 0.15) is 44.7 Å². The predicted molar refractivity (Wildman–Crippen MR) is 169 cm³/mol. The first-order valence-corrected chi connectivity index (χ1v) is 15.9. The first-order valence-electron chi connectivity index (χ1n) is 14.1. The minimum absolute atomic E-state index is 0.00138. The molecule has 2 atom stereocenters. The van der Waals surface area contributed by atoms with Gasteiger partial charge in [0.1, 0.15) is 24.1 Å². The van der Waals surface area contributed by atoms with Gasteiger partial charge in [0.25, 0.3) is 10.0 Å². The molecular formula is C32H40ClN3O6S. The number of amides is 2. The van der Waals surface area contributed by atoms with Crippen LogP contribution in [0.4, 0.5) is 5.69 Å². The second-order valence-corrected chi connectivity index (χ2v) is 12.5. The van der Waals surface area contributed by atoms with Crippen LogP contribution in [0.15, 0.2) is 71.6 Å². The summed E-state index contributed by atoms with van der Waals surface area (Å²) < 4.78 is 40.3. The van der Waals surface area contributed by atoms with Gasteiger partial charge in [-0.05, 0) is 62.6 Å². The molecule has 0 fully saturated rings. The van der Waals surface area contributed by atoms with E-state index in [1.54, 1.807) is 55.5 Å². The van der Waals surface area contributed by atoms with E-state index in [1.807, 2.05) is 20.8 Å². The van der Waals surface area contributed by atoms with E-state index in [-0.39, 0.29) is 34.8 Å². The molecule has 43 heavy (non-hydrogen) atoms.